The van der Waals surface area contributed by atoms with Crippen LogP contribution < -0.4 is 5.73 Å². The average molecular weight is 346 g/mol. The summed E-state index contributed by atoms with van der Waals surface area (Å²) in [4.78, 5) is 7.56. The maximum Gasteiger partial charge on any atom is 0.0562 e. The van der Waals surface area contributed by atoms with Crippen LogP contribution in [0, 0.1) is 12.8 Å². The summed E-state index contributed by atoms with van der Waals surface area (Å²) in [6.07, 6.45) is 1.31. The van der Waals surface area contributed by atoms with E-state index in [4.69, 9.17) is 5.73 Å². The molecule has 5 heteroatoms. The van der Waals surface area contributed by atoms with Crippen LogP contribution in [0.4, 0.5) is 0 Å². The van der Waals surface area contributed by atoms with Gasteiger partial charge in [-0.2, -0.15) is 0 Å². The lowest BCUT2D eigenvalue weighted by atomic mass is 10.1. The molecular formula is C14H24BrN3S. The van der Waals surface area contributed by atoms with Crippen molar-refractivity contribution in [1.29, 1.82) is 0 Å². The summed E-state index contributed by atoms with van der Waals surface area (Å²) in [5, 5.41) is 0. The van der Waals surface area contributed by atoms with Crippen molar-refractivity contribution in [1.82, 2.24) is 9.80 Å². The fraction of sp³-hybridized carbons (Fsp3) is 0.714. The van der Waals surface area contributed by atoms with Crippen LogP contribution in [0.3, 0.4) is 0 Å². The Balaban J connectivity index is 2.00. The minimum absolute atomic E-state index is 0.348. The quantitative estimate of drug-likeness (QED) is 0.890. The molecule has 2 heterocycles. The summed E-state index contributed by atoms with van der Waals surface area (Å²) in [6, 6.07) is 2.58. The molecule has 0 spiro atoms. The van der Waals surface area contributed by atoms with Gasteiger partial charge < -0.3 is 10.6 Å². The Morgan fingerprint density at radius 3 is 2.84 bits per heavy atom. The summed E-state index contributed by atoms with van der Waals surface area (Å²) in [7, 11) is 4.42. The number of rotatable bonds is 5. The predicted molar refractivity (Wildman–Crippen MR) is 86.8 cm³/mol. The predicted octanol–water partition coefficient (Wildman–Crippen LogP) is 2.70. The average Bonchev–Trinajstić information content (AvgIpc) is 2.88. The van der Waals surface area contributed by atoms with Crippen molar-refractivity contribution < 1.29 is 0 Å². The second kappa shape index (κ2) is 6.68. The van der Waals surface area contributed by atoms with E-state index in [1.165, 1.54) is 33.7 Å². The van der Waals surface area contributed by atoms with Crippen molar-refractivity contribution >= 4 is 27.3 Å². The van der Waals surface area contributed by atoms with Gasteiger partial charge in [0.2, 0.25) is 0 Å². The van der Waals surface area contributed by atoms with E-state index in [0.29, 0.717) is 12.6 Å². The summed E-state index contributed by atoms with van der Waals surface area (Å²) in [6.45, 7) is 6.42. The molecule has 1 fully saturated rings. The van der Waals surface area contributed by atoms with Crippen LogP contribution in [0.2, 0.25) is 0 Å². The Morgan fingerprint density at radius 2 is 2.37 bits per heavy atom. The third-order valence-corrected chi connectivity index (χ3v) is 6.23. The third-order valence-electron chi connectivity index (χ3n) is 4.00. The third kappa shape index (κ3) is 3.79. The SMILES string of the molecule is Cc1sc(C(CN)N(C)CC2CCN(C)C2)cc1Br. The number of likely N-dealkylation sites (tertiary alicyclic amines) is 1. The fourth-order valence-electron chi connectivity index (χ4n) is 2.87. The van der Waals surface area contributed by atoms with Crippen LogP contribution in [0.1, 0.15) is 22.2 Å². The summed E-state index contributed by atoms with van der Waals surface area (Å²) in [5.41, 5.74) is 6.01. The van der Waals surface area contributed by atoms with E-state index in [1.54, 1.807) is 0 Å². The van der Waals surface area contributed by atoms with Crippen molar-refractivity contribution in [2.45, 2.75) is 19.4 Å². The van der Waals surface area contributed by atoms with Gasteiger partial charge in [0.05, 0.1) is 6.04 Å². The second-order valence-electron chi connectivity index (χ2n) is 5.66. The Morgan fingerprint density at radius 1 is 1.63 bits per heavy atom. The molecule has 2 rings (SSSR count). The maximum atomic E-state index is 6.01. The van der Waals surface area contributed by atoms with E-state index in [-0.39, 0.29) is 0 Å². The first-order chi connectivity index (χ1) is 9.01. The van der Waals surface area contributed by atoms with Crippen LogP contribution in [-0.4, -0.2) is 50.1 Å². The van der Waals surface area contributed by atoms with Gasteiger partial charge in [0, 0.05) is 33.9 Å². The summed E-state index contributed by atoms with van der Waals surface area (Å²) >= 11 is 5.46. The minimum atomic E-state index is 0.348. The fourth-order valence-corrected chi connectivity index (χ4v) is 4.61. The van der Waals surface area contributed by atoms with Gasteiger partial charge >= 0.3 is 0 Å². The zero-order valence-electron chi connectivity index (χ0n) is 12.0. The molecule has 108 valence electrons. The molecule has 0 bridgehead atoms. The highest BCUT2D eigenvalue weighted by atomic mass is 79.9. The van der Waals surface area contributed by atoms with Gasteiger partial charge in [0.15, 0.2) is 0 Å². The summed E-state index contributed by atoms with van der Waals surface area (Å²) < 4.78 is 1.21. The molecule has 0 aromatic carbocycles. The lowest BCUT2D eigenvalue weighted by molar-refractivity contribution is 0.214. The molecule has 0 radical (unpaired) electrons. The Hall–Kier alpha value is 0.0600. The van der Waals surface area contributed by atoms with Gasteiger partial charge in [-0.15, -0.1) is 11.3 Å². The van der Waals surface area contributed by atoms with Crippen molar-refractivity contribution in [3.05, 3.63) is 20.3 Å². The highest BCUT2D eigenvalue weighted by Crippen LogP contribution is 2.33. The van der Waals surface area contributed by atoms with Gasteiger partial charge in [-0.3, -0.25) is 4.90 Å². The normalized spacial score (nSPS) is 22.3. The number of thiophene rings is 1. The monoisotopic (exact) mass is 345 g/mol. The number of nitrogens with two attached hydrogens (primary N) is 1. The van der Waals surface area contributed by atoms with Crippen molar-refractivity contribution in [2.75, 3.05) is 40.3 Å². The summed E-state index contributed by atoms with van der Waals surface area (Å²) in [5.74, 6) is 0.786. The van der Waals surface area contributed by atoms with E-state index in [9.17, 15) is 0 Å². The molecule has 1 aliphatic heterocycles. The minimum Gasteiger partial charge on any atom is -0.329 e. The van der Waals surface area contributed by atoms with E-state index < -0.39 is 0 Å². The van der Waals surface area contributed by atoms with Crippen LogP contribution in [0.15, 0.2) is 10.5 Å². The molecule has 19 heavy (non-hydrogen) atoms. The van der Waals surface area contributed by atoms with Gasteiger partial charge in [0.1, 0.15) is 0 Å². The smallest absolute Gasteiger partial charge is 0.0562 e. The molecule has 0 saturated carbocycles. The molecule has 1 aromatic rings. The molecule has 3 nitrogen and oxygen atoms in total. The maximum absolute atomic E-state index is 6.01. The largest absolute Gasteiger partial charge is 0.329 e. The van der Waals surface area contributed by atoms with Crippen LogP contribution in [-0.2, 0) is 0 Å². The first kappa shape index (κ1) is 15.4. The number of nitrogens with zero attached hydrogens (tertiary/aromatic N) is 2. The lowest BCUT2D eigenvalue weighted by Gasteiger charge is -2.28. The van der Waals surface area contributed by atoms with E-state index in [2.05, 4.69) is 52.8 Å². The Labute approximate surface area is 128 Å². The zero-order chi connectivity index (χ0) is 14.0. The van der Waals surface area contributed by atoms with Crippen molar-refractivity contribution in [2.24, 2.45) is 11.7 Å². The molecule has 2 atom stereocenters. The highest BCUT2D eigenvalue weighted by Gasteiger charge is 2.25. The number of hydrogen-bond acceptors (Lipinski definition) is 4. The first-order valence-corrected chi connectivity index (χ1v) is 8.47. The molecule has 2 N–H and O–H groups in total. The molecule has 0 amide bonds. The number of aryl methyl sites for hydroxylation is 1. The standard InChI is InChI=1S/C14H24BrN3S/c1-10-12(15)6-14(19-10)13(7-16)18(3)9-11-4-5-17(2)8-11/h6,11,13H,4-5,7-9,16H2,1-3H3. The van der Waals surface area contributed by atoms with Gasteiger partial charge in [-0.25, -0.2) is 0 Å². The van der Waals surface area contributed by atoms with Gasteiger partial charge in [-0.05, 0) is 61.9 Å². The van der Waals surface area contributed by atoms with Crippen LogP contribution >= 0.6 is 27.3 Å². The molecule has 1 aromatic heterocycles. The zero-order valence-corrected chi connectivity index (χ0v) is 14.4. The molecule has 1 saturated heterocycles. The molecule has 2 unspecified atom stereocenters. The van der Waals surface area contributed by atoms with Crippen molar-refractivity contribution in [3.63, 3.8) is 0 Å². The highest BCUT2D eigenvalue weighted by molar-refractivity contribution is 9.10. The molecule has 0 aliphatic carbocycles. The van der Waals surface area contributed by atoms with Crippen LogP contribution in [0.25, 0.3) is 0 Å². The first-order valence-electron chi connectivity index (χ1n) is 6.86. The van der Waals surface area contributed by atoms with Gasteiger partial charge in [-0.1, -0.05) is 0 Å². The van der Waals surface area contributed by atoms with E-state index >= 15 is 0 Å². The van der Waals surface area contributed by atoms with Gasteiger partial charge in [0.25, 0.3) is 0 Å². The molecular weight excluding hydrogens is 322 g/mol. The topological polar surface area (TPSA) is 32.5 Å². The number of hydrogen-bond donors (Lipinski definition) is 1. The van der Waals surface area contributed by atoms with E-state index in [1.807, 2.05) is 11.3 Å². The Kier molecular flexibility index (Phi) is 5.43. The Bertz CT molecular complexity index is 401. The van der Waals surface area contributed by atoms with Crippen molar-refractivity contribution in [3.8, 4) is 0 Å². The second-order valence-corrected chi connectivity index (χ2v) is 7.80. The van der Waals surface area contributed by atoms with E-state index in [0.717, 1.165) is 12.5 Å². The molecule has 1 aliphatic rings. The lowest BCUT2D eigenvalue weighted by Crippen LogP contribution is -2.34. The number of likely N-dealkylation sites (N-methyl/N-ethyl adjacent to an activating group) is 1. The number of halogens is 1. The van der Waals surface area contributed by atoms with Crippen LogP contribution in [0.5, 0.6) is 0 Å².